The lowest BCUT2D eigenvalue weighted by Crippen LogP contribution is -2.43. The SMILES string of the molecule is CCCCC1C(Cc2ccccc2)CCCC(NC(=O)c2nccc(OC)c2OCOC(C)=O)C(=O)OC1C. The zero-order valence-electron chi connectivity index (χ0n) is 23.3. The summed E-state index contributed by atoms with van der Waals surface area (Å²) < 4.78 is 21.6. The number of carbonyl (C=O) groups is 3. The number of nitrogens with one attached hydrogen (secondary N) is 1. The second-order valence-corrected chi connectivity index (χ2v) is 9.94. The summed E-state index contributed by atoms with van der Waals surface area (Å²) in [5, 5.41) is 2.80. The van der Waals surface area contributed by atoms with Crippen LogP contribution in [-0.2, 0) is 25.5 Å². The molecule has 1 aliphatic rings. The highest BCUT2D eigenvalue weighted by Gasteiger charge is 2.34. The van der Waals surface area contributed by atoms with Gasteiger partial charge >= 0.3 is 11.9 Å². The van der Waals surface area contributed by atoms with Crippen molar-refractivity contribution in [3.05, 3.63) is 53.9 Å². The monoisotopic (exact) mass is 540 g/mol. The number of unbranched alkanes of at least 4 members (excludes halogenated alkanes) is 1. The van der Waals surface area contributed by atoms with Crippen molar-refractivity contribution in [2.75, 3.05) is 13.9 Å². The molecule has 1 amide bonds. The molecule has 1 aromatic heterocycles. The number of amides is 1. The fourth-order valence-corrected chi connectivity index (χ4v) is 5.15. The summed E-state index contributed by atoms with van der Waals surface area (Å²) in [6, 6.07) is 11.1. The molecule has 39 heavy (non-hydrogen) atoms. The molecule has 9 heteroatoms. The average Bonchev–Trinajstić information content (AvgIpc) is 2.96. The van der Waals surface area contributed by atoms with Crippen LogP contribution >= 0.6 is 0 Å². The maximum atomic E-state index is 13.3. The standard InChI is InChI=1S/C30H40N2O7/c1-5-6-14-24-20(2)39-30(35)25(15-10-13-23(24)18-22-11-8-7-9-12-22)32-29(34)27-28(38-19-37-21(3)33)26(36-4)16-17-31-27/h7-9,11-12,16-17,20,23-25H,5-6,10,13-15,18-19H2,1-4H3,(H,32,34). The number of ether oxygens (including phenoxy) is 4. The molecule has 0 radical (unpaired) electrons. The molecule has 1 aliphatic heterocycles. The first-order valence-electron chi connectivity index (χ1n) is 13.7. The van der Waals surface area contributed by atoms with Crippen molar-refractivity contribution in [2.45, 2.75) is 77.9 Å². The van der Waals surface area contributed by atoms with Crippen LogP contribution in [0.15, 0.2) is 42.6 Å². The predicted octanol–water partition coefficient (Wildman–Crippen LogP) is 4.87. The molecule has 4 unspecified atom stereocenters. The maximum Gasteiger partial charge on any atom is 0.328 e. The van der Waals surface area contributed by atoms with E-state index in [0.29, 0.717) is 12.3 Å². The molecule has 2 aromatic rings. The molecular weight excluding hydrogens is 500 g/mol. The third kappa shape index (κ3) is 8.70. The van der Waals surface area contributed by atoms with E-state index in [9.17, 15) is 14.4 Å². The Balaban J connectivity index is 1.77. The van der Waals surface area contributed by atoms with Crippen LogP contribution in [-0.4, -0.2) is 48.9 Å². The fraction of sp³-hybridized carbons (Fsp3) is 0.533. The van der Waals surface area contributed by atoms with Crippen molar-refractivity contribution in [1.82, 2.24) is 10.3 Å². The Morgan fingerprint density at radius 3 is 2.62 bits per heavy atom. The van der Waals surface area contributed by atoms with Gasteiger partial charge in [-0.05, 0) is 50.0 Å². The van der Waals surface area contributed by atoms with Crippen molar-refractivity contribution >= 4 is 17.8 Å². The molecule has 1 saturated heterocycles. The number of hydrogen-bond donors (Lipinski definition) is 1. The number of methoxy groups -OCH3 is 1. The molecule has 1 aromatic carbocycles. The topological polar surface area (TPSA) is 113 Å². The second kappa shape index (κ2) is 15.1. The molecule has 212 valence electrons. The van der Waals surface area contributed by atoms with Gasteiger partial charge in [0.15, 0.2) is 17.2 Å². The quantitative estimate of drug-likeness (QED) is 0.317. The Labute approximate surface area is 230 Å². The number of benzene rings is 1. The van der Waals surface area contributed by atoms with Crippen LogP contribution in [0, 0.1) is 11.8 Å². The fourth-order valence-electron chi connectivity index (χ4n) is 5.15. The Morgan fingerprint density at radius 2 is 1.92 bits per heavy atom. The summed E-state index contributed by atoms with van der Waals surface area (Å²) in [4.78, 5) is 41.9. The Kier molecular flexibility index (Phi) is 11.6. The maximum absolute atomic E-state index is 13.3. The minimum Gasteiger partial charge on any atom is -0.493 e. The van der Waals surface area contributed by atoms with Gasteiger partial charge in [-0.15, -0.1) is 0 Å². The van der Waals surface area contributed by atoms with E-state index in [1.165, 1.54) is 31.9 Å². The van der Waals surface area contributed by atoms with E-state index < -0.39 is 30.7 Å². The zero-order chi connectivity index (χ0) is 28.2. The molecule has 1 fully saturated rings. The lowest BCUT2D eigenvalue weighted by atomic mass is 9.78. The third-order valence-electron chi connectivity index (χ3n) is 7.17. The first kappa shape index (κ1) is 29.9. The van der Waals surface area contributed by atoms with Crippen LogP contribution in [0.4, 0.5) is 0 Å². The molecule has 0 spiro atoms. The van der Waals surface area contributed by atoms with Crippen LogP contribution in [0.5, 0.6) is 11.5 Å². The van der Waals surface area contributed by atoms with Gasteiger partial charge in [0.25, 0.3) is 5.91 Å². The number of cyclic esters (lactones) is 1. The molecule has 1 N–H and O–H groups in total. The molecule has 2 heterocycles. The Morgan fingerprint density at radius 1 is 1.15 bits per heavy atom. The first-order valence-corrected chi connectivity index (χ1v) is 13.7. The number of nitrogens with zero attached hydrogens (tertiary/aromatic N) is 1. The van der Waals surface area contributed by atoms with Gasteiger partial charge in [-0.2, -0.15) is 0 Å². The van der Waals surface area contributed by atoms with Crippen LogP contribution in [0.25, 0.3) is 0 Å². The van der Waals surface area contributed by atoms with Gasteiger partial charge in [0.2, 0.25) is 6.79 Å². The Hall–Kier alpha value is -3.62. The van der Waals surface area contributed by atoms with E-state index in [2.05, 4.69) is 41.5 Å². The van der Waals surface area contributed by atoms with E-state index in [1.54, 1.807) is 0 Å². The summed E-state index contributed by atoms with van der Waals surface area (Å²) in [5.41, 5.74) is 1.20. The van der Waals surface area contributed by atoms with Crippen LogP contribution < -0.4 is 14.8 Å². The molecular formula is C30H40N2O7. The van der Waals surface area contributed by atoms with E-state index in [-0.39, 0.29) is 29.2 Å². The summed E-state index contributed by atoms with van der Waals surface area (Å²) in [6.45, 7) is 4.96. The first-order chi connectivity index (χ1) is 18.8. The highest BCUT2D eigenvalue weighted by molar-refractivity contribution is 5.98. The lowest BCUT2D eigenvalue weighted by Gasteiger charge is -2.31. The normalized spacial score (nSPS) is 21.5. The molecule has 0 saturated carbocycles. The largest absolute Gasteiger partial charge is 0.493 e. The van der Waals surface area contributed by atoms with Crippen molar-refractivity contribution in [2.24, 2.45) is 11.8 Å². The van der Waals surface area contributed by atoms with Crippen molar-refractivity contribution in [1.29, 1.82) is 0 Å². The summed E-state index contributed by atoms with van der Waals surface area (Å²) in [7, 11) is 1.42. The highest BCUT2D eigenvalue weighted by Crippen LogP contribution is 2.34. The van der Waals surface area contributed by atoms with Gasteiger partial charge in [-0.25, -0.2) is 9.78 Å². The van der Waals surface area contributed by atoms with E-state index >= 15 is 0 Å². The molecule has 0 bridgehead atoms. The van der Waals surface area contributed by atoms with Crippen molar-refractivity contribution in [3.63, 3.8) is 0 Å². The van der Waals surface area contributed by atoms with Gasteiger partial charge in [-0.1, -0.05) is 56.5 Å². The average molecular weight is 541 g/mol. The minimum atomic E-state index is -0.837. The van der Waals surface area contributed by atoms with Gasteiger partial charge in [-0.3, -0.25) is 9.59 Å². The third-order valence-corrected chi connectivity index (χ3v) is 7.17. The van der Waals surface area contributed by atoms with Crippen LogP contribution in [0.1, 0.15) is 75.3 Å². The van der Waals surface area contributed by atoms with E-state index in [0.717, 1.165) is 38.5 Å². The van der Waals surface area contributed by atoms with Gasteiger partial charge in [0.05, 0.1) is 7.11 Å². The molecule has 9 nitrogen and oxygen atoms in total. The molecule has 0 aliphatic carbocycles. The number of esters is 2. The van der Waals surface area contributed by atoms with Crippen LogP contribution in [0.3, 0.4) is 0 Å². The van der Waals surface area contributed by atoms with E-state index in [1.807, 2.05) is 13.0 Å². The molecule has 4 atom stereocenters. The van der Waals surface area contributed by atoms with E-state index in [4.69, 9.17) is 18.9 Å². The van der Waals surface area contributed by atoms with Gasteiger partial charge in [0.1, 0.15) is 12.1 Å². The summed E-state index contributed by atoms with van der Waals surface area (Å²) >= 11 is 0. The van der Waals surface area contributed by atoms with Gasteiger partial charge in [0, 0.05) is 19.2 Å². The number of rotatable bonds is 11. The lowest BCUT2D eigenvalue weighted by molar-refractivity contribution is -0.154. The summed E-state index contributed by atoms with van der Waals surface area (Å²) in [6.07, 6.45) is 7.28. The van der Waals surface area contributed by atoms with Crippen molar-refractivity contribution in [3.8, 4) is 11.5 Å². The molecule has 3 rings (SSSR count). The Bertz CT molecular complexity index is 1090. The minimum absolute atomic E-state index is 0.0195. The number of pyridine rings is 1. The number of aromatic nitrogens is 1. The smallest absolute Gasteiger partial charge is 0.328 e. The predicted molar refractivity (Wildman–Crippen MR) is 145 cm³/mol. The van der Waals surface area contributed by atoms with Crippen molar-refractivity contribution < 1.29 is 33.3 Å². The highest BCUT2D eigenvalue weighted by atomic mass is 16.7. The van der Waals surface area contributed by atoms with Gasteiger partial charge < -0.3 is 24.3 Å². The number of hydrogen-bond acceptors (Lipinski definition) is 8. The second-order valence-electron chi connectivity index (χ2n) is 9.94. The van der Waals surface area contributed by atoms with Crippen LogP contribution in [0.2, 0.25) is 0 Å². The zero-order valence-corrected chi connectivity index (χ0v) is 23.3. The summed E-state index contributed by atoms with van der Waals surface area (Å²) in [5.74, 6) is -0.745. The number of carbonyl (C=O) groups excluding carboxylic acids is 3.